The van der Waals surface area contributed by atoms with Crippen LogP contribution in [0.2, 0.25) is 0 Å². The summed E-state index contributed by atoms with van der Waals surface area (Å²) in [7, 11) is 0. The van der Waals surface area contributed by atoms with Gasteiger partial charge in [-0.25, -0.2) is 0 Å². The minimum absolute atomic E-state index is 0.986. The molecule has 7 aliphatic heterocycles. The second kappa shape index (κ2) is 13.5. The van der Waals surface area contributed by atoms with Crippen molar-refractivity contribution >= 4 is 55.4 Å². The number of hydrogen-bond donors (Lipinski definition) is 0. The molecule has 12 bridgehead atoms. The Morgan fingerprint density at radius 1 is 0.318 bits per heavy atom. The third-order valence-electron chi connectivity index (χ3n) is 8.13. The number of rotatable bonds is 0. The lowest BCUT2D eigenvalue weighted by molar-refractivity contribution is 1.36. The molecule has 0 spiro atoms. The molecule has 216 valence electrons. The van der Waals surface area contributed by atoms with Gasteiger partial charge in [0.1, 0.15) is 0 Å². The maximum atomic E-state index is 3.94. The first-order valence-electron chi connectivity index (χ1n) is 14.7. The molecule has 0 radical (unpaired) electrons. The molecule has 0 nitrogen and oxygen atoms in total. The van der Waals surface area contributed by atoms with E-state index < -0.39 is 0 Å². The summed E-state index contributed by atoms with van der Waals surface area (Å²) in [6.07, 6.45) is 0. The minimum Gasteiger partial charge on any atom is -0.152 e. The third-order valence-corrected chi connectivity index (χ3v) is 12.0. The zero-order chi connectivity index (χ0) is 29.9. The SMILES string of the molecule is Brc1c2cccc1-c1ccc(cc1)CSCc1ccc(cc1)-c1cccc(c1Br)-c1ccc(cc1)CSCc1ccc-2cc1. The molecule has 6 aromatic rings. The summed E-state index contributed by atoms with van der Waals surface area (Å²) in [4.78, 5) is 0. The second-order valence-electron chi connectivity index (χ2n) is 11.1. The highest BCUT2D eigenvalue weighted by atomic mass is 79.9. The Balaban J connectivity index is 1.20. The summed E-state index contributed by atoms with van der Waals surface area (Å²) in [5, 5.41) is 0. The fourth-order valence-electron chi connectivity index (χ4n) is 5.65. The molecule has 13 rings (SSSR count). The van der Waals surface area contributed by atoms with E-state index in [9.17, 15) is 0 Å². The van der Waals surface area contributed by atoms with Crippen LogP contribution in [-0.2, 0) is 23.0 Å². The molecule has 0 N–H and O–H groups in total. The summed E-state index contributed by atoms with van der Waals surface area (Å²) in [6.45, 7) is 0. The predicted octanol–water partition coefficient (Wildman–Crippen LogP) is 13.1. The van der Waals surface area contributed by atoms with Crippen LogP contribution >= 0.6 is 55.4 Å². The van der Waals surface area contributed by atoms with Gasteiger partial charge in [-0.15, -0.1) is 0 Å². The Morgan fingerprint density at radius 2 is 0.545 bits per heavy atom. The van der Waals surface area contributed by atoms with Crippen molar-refractivity contribution < 1.29 is 0 Å². The van der Waals surface area contributed by atoms with Gasteiger partial charge < -0.3 is 0 Å². The Bertz CT molecular complexity index is 1620. The highest BCUT2D eigenvalue weighted by Crippen LogP contribution is 2.39. The van der Waals surface area contributed by atoms with E-state index in [-0.39, 0.29) is 0 Å². The van der Waals surface area contributed by atoms with Gasteiger partial charge in [-0.2, -0.15) is 23.5 Å². The molecule has 4 heteroatoms. The smallest absolute Gasteiger partial charge is 0.0332 e. The largest absolute Gasteiger partial charge is 0.152 e. The van der Waals surface area contributed by atoms with E-state index in [1.165, 1.54) is 66.8 Å². The highest BCUT2D eigenvalue weighted by molar-refractivity contribution is 9.11. The van der Waals surface area contributed by atoms with Crippen LogP contribution in [0.15, 0.2) is 142 Å². The summed E-state index contributed by atoms with van der Waals surface area (Å²) >= 11 is 11.8. The summed E-state index contributed by atoms with van der Waals surface area (Å²) < 4.78 is 2.28. The second-order valence-corrected chi connectivity index (χ2v) is 14.7. The highest BCUT2D eigenvalue weighted by Gasteiger charge is 2.12. The summed E-state index contributed by atoms with van der Waals surface area (Å²) in [5.74, 6) is 3.95. The van der Waals surface area contributed by atoms with Crippen molar-refractivity contribution in [1.82, 2.24) is 0 Å². The van der Waals surface area contributed by atoms with Gasteiger partial charge in [-0.05, 0) is 98.6 Å². The Morgan fingerprint density at radius 3 is 0.773 bits per heavy atom. The quantitative estimate of drug-likeness (QED) is 0.152. The zero-order valence-electron chi connectivity index (χ0n) is 24.1. The predicted molar refractivity (Wildman–Crippen MR) is 200 cm³/mol. The number of hydrogen-bond acceptors (Lipinski definition) is 2. The Labute approximate surface area is 285 Å². The average Bonchev–Trinajstić information content (AvgIpc) is 3.06. The lowest BCUT2D eigenvalue weighted by atomic mass is 9.98. The van der Waals surface area contributed by atoms with Crippen molar-refractivity contribution in [1.29, 1.82) is 0 Å². The van der Waals surface area contributed by atoms with Crippen molar-refractivity contribution in [3.05, 3.63) is 165 Å². The van der Waals surface area contributed by atoms with Gasteiger partial charge in [0.2, 0.25) is 0 Å². The van der Waals surface area contributed by atoms with Crippen molar-refractivity contribution in [3.63, 3.8) is 0 Å². The molecule has 7 aliphatic rings. The molecule has 0 aromatic heterocycles. The number of thioether (sulfide) groups is 2. The van der Waals surface area contributed by atoms with Gasteiger partial charge >= 0.3 is 0 Å². The monoisotopic (exact) mass is 732 g/mol. The van der Waals surface area contributed by atoms with E-state index in [1.54, 1.807) is 0 Å². The van der Waals surface area contributed by atoms with E-state index in [0.29, 0.717) is 0 Å². The number of benzene rings is 6. The lowest BCUT2D eigenvalue weighted by Gasteiger charge is -2.13. The van der Waals surface area contributed by atoms with Gasteiger partial charge in [0, 0.05) is 32.0 Å². The molecule has 0 atom stereocenters. The van der Waals surface area contributed by atoms with Gasteiger partial charge in [0.25, 0.3) is 0 Å². The first kappa shape index (κ1) is 29.7. The lowest BCUT2D eigenvalue weighted by Crippen LogP contribution is -1.89. The Kier molecular flexibility index (Phi) is 9.13. The number of halogens is 2. The van der Waals surface area contributed by atoms with E-state index in [0.717, 1.165) is 32.0 Å². The molecule has 6 aromatic carbocycles. The minimum atomic E-state index is 0.986. The molecule has 7 heterocycles. The van der Waals surface area contributed by atoms with E-state index >= 15 is 0 Å². The van der Waals surface area contributed by atoms with Crippen LogP contribution in [0, 0.1) is 0 Å². The van der Waals surface area contributed by atoms with Gasteiger partial charge in [0.05, 0.1) is 0 Å². The summed E-state index contributed by atoms with van der Waals surface area (Å²) in [6, 6.07) is 49.3. The first-order chi connectivity index (χ1) is 21.6. The Hall–Kier alpha value is -3.02. The van der Waals surface area contributed by atoms with Crippen LogP contribution < -0.4 is 0 Å². The average molecular weight is 735 g/mol. The van der Waals surface area contributed by atoms with Crippen molar-refractivity contribution in [2.75, 3.05) is 0 Å². The summed E-state index contributed by atoms with van der Waals surface area (Å²) in [5.41, 5.74) is 15.2. The first-order valence-corrected chi connectivity index (χ1v) is 18.6. The third kappa shape index (κ3) is 6.50. The van der Waals surface area contributed by atoms with Crippen LogP contribution in [-0.4, -0.2) is 0 Å². The molecule has 0 aliphatic carbocycles. The fraction of sp³-hybridized carbons (Fsp3) is 0.100. The van der Waals surface area contributed by atoms with Crippen LogP contribution in [0.4, 0.5) is 0 Å². The van der Waals surface area contributed by atoms with Gasteiger partial charge in [-0.1, -0.05) is 133 Å². The molecule has 0 amide bonds. The van der Waals surface area contributed by atoms with Crippen LogP contribution in [0.25, 0.3) is 44.5 Å². The molecule has 0 saturated heterocycles. The standard InChI is InChI=1S/C40H30Br2S2/c41-39-35-3-1-4-36(39)32-17-9-28(10-18-32)24-44-26-30-13-21-34(22-14-30)38-6-2-5-37(40(38)42)33-19-11-29(12-20-33)25-43-23-27-7-15-31(35)16-8-27/h1-22H,23-26H2. The van der Waals surface area contributed by atoms with E-state index in [2.05, 4.69) is 165 Å². The molecule has 0 unspecified atom stereocenters. The van der Waals surface area contributed by atoms with Crippen LogP contribution in [0.1, 0.15) is 22.3 Å². The molecular weight excluding hydrogens is 704 g/mol. The molecular formula is C40H30Br2S2. The zero-order valence-corrected chi connectivity index (χ0v) is 28.9. The molecule has 0 fully saturated rings. The van der Waals surface area contributed by atoms with Crippen LogP contribution in [0.5, 0.6) is 0 Å². The van der Waals surface area contributed by atoms with E-state index in [1.807, 2.05) is 23.5 Å². The maximum Gasteiger partial charge on any atom is 0.0332 e. The topological polar surface area (TPSA) is 0 Å². The maximum absolute atomic E-state index is 3.94. The molecule has 44 heavy (non-hydrogen) atoms. The fourth-order valence-corrected chi connectivity index (χ4v) is 9.01. The molecule has 0 saturated carbocycles. The van der Waals surface area contributed by atoms with Gasteiger partial charge in [-0.3, -0.25) is 0 Å². The van der Waals surface area contributed by atoms with E-state index in [4.69, 9.17) is 0 Å². The van der Waals surface area contributed by atoms with Crippen molar-refractivity contribution in [2.24, 2.45) is 0 Å². The van der Waals surface area contributed by atoms with Crippen LogP contribution in [0.3, 0.4) is 0 Å². The van der Waals surface area contributed by atoms with Crippen molar-refractivity contribution in [2.45, 2.75) is 23.0 Å². The van der Waals surface area contributed by atoms with Crippen molar-refractivity contribution in [3.8, 4) is 44.5 Å². The van der Waals surface area contributed by atoms with Gasteiger partial charge in [0.15, 0.2) is 0 Å². The normalized spacial score (nSPS) is 13.1.